The van der Waals surface area contributed by atoms with Gasteiger partial charge in [0.15, 0.2) is 0 Å². The molecule has 0 fully saturated rings. The van der Waals surface area contributed by atoms with Crippen LogP contribution in [0.15, 0.2) is 47.2 Å². The first kappa shape index (κ1) is 16.2. The van der Waals surface area contributed by atoms with Crippen LogP contribution < -0.4 is 4.72 Å². The quantitative estimate of drug-likeness (QED) is 0.819. The van der Waals surface area contributed by atoms with Crippen molar-refractivity contribution in [3.8, 4) is 0 Å². The predicted molar refractivity (Wildman–Crippen MR) is 85.8 cm³/mol. The first-order valence-electron chi connectivity index (χ1n) is 6.65. The summed E-state index contributed by atoms with van der Waals surface area (Å²) in [6, 6.07) is 11.3. The van der Waals surface area contributed by atoms with E-state index in [1.165, 1.54) is 11.3 Å². The summed E-state index contributed by atoms with van der Waals surface area (Å²) in [6.07, 6.45) is 0.455. The topological polar surface area (TPSA) is 66.4 Å². The predicted octanol–water partition coefficient (Wildman–Crippen LogP) is 2.12. The largest absolute Gasteiger partial charge is 0.384 e. The Balaban J connectivity index is 1.89. The third kappa shape index (κ3) is 4.93. The maximum absolute atomic E-state index is 12.0. The summed E-state index contributed by atoms with van der Waals surface area (Å²) in [5.41, 5.74) is 0.505. The first-order valence-corrected chi connectivity index (χ1v) is 9.25. The van der Waals surface area contributed by atoms with Crippen molar-refractivity contribution in [2.24, 2.45) is 0 Å². The molecule has 0 saturated carbocycles. The molecule has 1 aromatic heterocycles. The molecular weight excluding hydrogens is 306 g/mol. The monoisotopic (exact) mass is 325 g/mol. The van der Waals surface area contributed by atoms with Gasteiger partial charge in [-0.1, -0.05) is 30.3 Å². The van der Waals surface area contributed by atoms with Crippen LogP contribution in [-0.2, 0) is 22.0 Å². The number of aryl methyl sites for hydroxylation is 1. The maximum Gasteiger partial charge on any atom is 0.212 e. The maximum atomic E-state index is 12.0. The number of nitrogens with one attached hydrogen (secondary N) is 1. The molecule has 4 nitrogen and oxygen atoms in total. The molecule has 1 aromatic carbocycles. The number of hydrogen-bond donors (Lipinski definition) is 2. The van der Waals surface area contributed by atoms with E-state index in [0.717, 1.165) is 11.1 Å². The number of hydrogen-bond acceptors (Lipinski definition) is 4. The summed E-state index contributed by atoms with van der Waals surface area (Å²) in [6.45, 7) is 1.58. The third-order valence-electron chi connectivity index (χ3n) is 3.28. The highest BCUT2D eigenvalue weighted by atomic mass is 32.2. The van der Waals surface area contributed by atoms with Crippen molar-refractivity contribution in [1.82, 2.24) is 4.72 Å². The molecule has 6 heteroatoms. The van der Waals surface area contributed by atoms with Crippen molar-refractivity contribution in [2.75, 3.05) is 12.3 Å². The Kier molecular flexibility index (Phi) is 5.16. The zero-order valence-corrected chi connectivity index (χ0v) is 13.5. The summed E-state index contributed by atoms with van der Waals surface area (Å²) in [7, 11) is -3.41. The summed E-state index contributed by atoms with van der Waals surface area (Å²) in [5.74, 6) is 0.0106. The smallest absolute Gasteiger partial charge is 0.212 e. The van der Waals surface area contributed by atoms with Crippen molar-refractivity contribution in [3.05, 3.63) is 58.3 Å². The van der Waals surface area contributed by atoms with Gasteiger partial charge in [0.2, 0.25) is 10.0 Å². The normalized spacial score (nSPS) is 14.8. The van der Waals surface area contributed by atoms with Gasteiger partial charge in [0.05, 0.1) is 5.75 Å². The fourth-order valence-corrected chi connectivity index (χ4v) is 3.83. The van der Waals surface area contributed by atoms with Crippen LogP contribution in [0.25, 0.3) is 0 Å². The third-order valence-corrected chi connectivity index (χ3v) is 5.29. The minimum Gasteiger partial charge on any atom is -0.384 e. The lowest BCUT2D eigenvalue weighted by Gasteiger charge is -2.22. The molecule has 114 valence electrons. The minimum atomic E-state index is -3.41. The van der Waals surface area contributed by atoms with Crippen LogP contribution in [0.2, 0.25) is 0 Å². The Morgan fingerprint density at radius 1 is 1.24 bits per heavy atom. The summed E-state index contributed by atoms with van der Waals surface area (Å²) < 4.78 is 26.5. The number of rotatable bonds is 7. The van der Waals surface area contributed by atoms with Gasteiger partial charge in [-0.15, -0.1) is 0 Å². The Labute approximate surface area is 129 Å². The van der Waals surface area contributed by atoms with Crippen molar-refractivity contribution >= 4 is 21.4 Å². The standard InChI is InChI=1S/C15H19NO3S2/c1-15(17,14-7-9-20-11-14)12-16-21(18,19)10-8-13-5-3-2-4-6-13/h2-7,9,11,16-17H,8,10,12H2,1H3/t15-/m0/s1. The number of benzene rings is 1. The van der Waals surface area contributed by atoms with Crippen LogP contribution in [0.4, 0.5) is 0 Å². The Hall–Kier alpha value is -1.21. The van der Waals surface area contributed by atoms with Crippen molar-refractivity contribution in [2.45, 2.75) is 18.9 Å². The first-order chi connectivity index (χ1) is 9.89. The second-order valence-electron chi connectivity index (χ2n) is 5.16. The molecule has 21 heavy (non-hydrogen) atoms. The molecule has 0 amide bonds. The van der Waals surface area contributed by atoms with Gasteiger partial charge in [-0.25, -0.2) is 13.1 Å². The van der Waals surface area contributed by atoms with Crippen LogP contribution in [0.5, 0.6) is 0 Å². The highest BCUT2D eigenvalue weighted by molar-refractivity contribution is 7.89. The average molecular weight is 325 g/mol. The molecule has 0 spiro atoms. The minimum absolute atomic E-state index is 0.0106. The molecule has 2 aromatic rings. The van der Waals surface area contributed by atoms with E-state index in [9.17, 15) is 13.5 Å². The van der Waals surface area contributed by atoms with Gasteiger partial charge >= 0.3 is 0 Å². The van der Waals surface area contributed by atoms with Gasteiger partial charge in [-0.2, -0.15) is 11.3 Å². The molecule has 0 aliphatic carbocycles. The summed E-state index contributed by atoms with van der Waals surface area (Å²) in [5, 5.41) is 14.0. The lowest BCUT2D eigenvalue weighted by molar-refractivity contribution is 0.0632. The van der Waals surface area contributed by atoms with Gasteiger partial charge in [0.25, 0.3) is 0 Å². The van der Waals surface area contributed by atoms with E-state index >= 15 is 0 Å². The number of sulfonamides is 1. The molecule has 1 atom stereocenters. The lowest BCUT2D eigenvalue weighted by Crippen LogP contribution is -2.39. The molecule has 1 heterocycles. The van der Waals surface area contributed by atoms with E-state index in [-0.39, 0.29) is 12.3 Å². The van der Waals surface area contributed by atoms with Crippen LogP contribution >= 0.6 is 11.3 Å². The van der Waals surface area contributed by atoms with E-state index in [0.29, 0.717) is 6.42 Å². The molecule has 0 radical (unpaired) electrons. The van der Waals surface area contributed by atoms with Crippen molar-refractivity contribution in [3.63, 3.8) is 0 Å². The molecule has 0 aliphatic heterocycles. The Morgan fingerprint density at radius 3 is 2.57 bits per heavy atom. The van der Waals surface area contributed by atoms with E-state index < -0.39 is 15.6 Å². The van der Waals surface area contributed by atoms with Gasteiger partial charge < -0.3 is 5.11 Å². The van der Waals surface area contributed by atoms with E-state index in [2.05, 4.69) is 4.72 Å². The highest BCUT2D eigenvalue weighted by Gasteiger charge is 2.25. The average Bonchev–Trinajstić information content (AvgIpc) is 3.00. The van der Waals surface area contributed by atoms with Crippen LogP contribution in [0, 0.1) is 0 Å². The van der Waals surface area contributed by atoms with Gasteiger partial charge in [-0.05, 0) is 41.3 Å². The molecule has 0 aliphatic rings. The molecular formula is C15H19NO3S2. The van der Waals surface area contributed by atoms with Gasteiger partial charge in [0.1, 0.15) is 5.60 Å². The number of aliphatic hydroxyl groups is 1. The fourth-order valence-electron chi connectivity index (χ4n) is 1.89. The van der Waals surface area contributed by atoms with Gasteiger partial charge in [-0.3, -0.25) is 0 Å². The molecule has 0 saturated heterocycles. The van der Waals surface area contributed by atoms with Crippen LogP contribution in [-0.4, -0.2) is 25.8 Å². The molecule has 2 N–H and O–H groups in total. The molecule has 0 unspecified atom stereocenters. The zero-order valence-electron chi connectivity index (χ0n) is 11.8. The van der Waals surface area contributed by atoms with E-state index in [1.54, 1.807) is 13.0 Å². The van der Waals surface area contributed by atoms with E-state index in [4.69, 9.17) is 0 Å². The van der Waals surface area contributed by atoms with Crippen molar-refractivity contribution < 1.29 is 13.5 Å². The second-order valence-corrected chi connectivity index (χ2v) is 7.87. The molecule has 0 bridgehead atoms. The Morgan fingerprint density at radius 2 is 1.95 bits per heavy atom. The van der Waals surface area contributed by atoms with E-state index in [1.807, 2.05) is 41.1 Å². The summed E-state index contributed by atoms with van der Waals surface area (Å²) >= 11 is 1.47. The Bertz CT molecular complexity index is 649. The fraction of sp³-hybridized carbons (Fsp3) is 0.333. The molecule has 2 rings (SSSR count). The lowest BCUT2D eigenvalue weighted by atomic mass is 10.0. The van der Waals surface area contributed by atoms with Crippen LogP contribution in [0.3, 0.4) is 0 Å². The second kappa shape index (κ2) is 6.70. The van der Waals surface area contributed by atoms with Crippen molar-refractivity contribution in [1.29, 1.82) is 0 Å². The highest BCUT2D eigenvalue weighted by Crippen LogP contribution is 2.22. The summed E-state index contributed by atoms with van der Waals surface area (Å²) in [4.78, 5) is 0. The SMILES string of the molecule is C[C@](O)(CNS(=O)(=O)CCc1ccccc1)c1ccsc1. The van der Waals surface area contributed by atoms with Crippen LogP contribution in [0.1, 0.15) is 18.1 Å². The van der Waals surface area contributed by atoms with Gasteiger partial charge in [0, 0.05) is 6.54 Å². The number of thiophene rings is 1. The zero-order chi connectivity index (χ0) is 15.3.